The fraction of sp³-hybridized carbons (Fsp3) is 0.471. The second kappa shape index (κ2) is 7.33. The molecule has 1 aliphatic rings. The number of aryl methyl sites for hydroxylation is 2. The van der Waals surface area contributed by atoms with E-state index >= 15 is 0 Å². The van der Waals surface area contributed by atoms with E-state index in [1.54, 1.807) is 11.1 Å². The molecule has 1 N–H and O–H groups in total. The number of nitrogens with zero attached hydrogens (tertiary/aromatic N) is 3. The van der Waals surface area contributed by atoms with Crippen LogP contribution in [0.15, 0.2) is 35.0 Å². The number of rotatable bonds is 7. The third kappa shape index (κ3) is 3.84. The average Bonchev–Trinajstić information content (AvgIpc) is 3.28. The Labute approximate surface area is 140 Å². The van der Waals surface area contributed by atoms with Crippen molar-refractivity contribution in [2.45, 2.75) is 45.3 Å². The molecule has 3 heterocycles. The van der Waals surface area contributed by atoms with Gasteiger partial charge in [-0.1, -0.05) is 0 Å². The molecule has 2 amide bonds. The summed E-state index contributed by atoms with van der Waals surface area (Å²) in [6, 6.07) is 5.17. The Morgan fingerprint density at radius 1 is 1.46 bits per heavy atom. The number of furan rings is 1. The zero-order chi connectivity index (χ0) is 16.9. The molecule has 1 fully saturated rings. The van der Waals surface area contributed by atoms with E-state index < -0.39 is 6.04 Å². The van der Waals surface area contributed by atoms with E-state index in [0.717, 1.165) is 18.7 Å². The van der Waals surface area contributed by atoms with Crippen LogP contribution in [0.3, 0.4) is 0 Å². The molecule has 0 bridgehead atoms. The van der Waals surface area contributed by atoms with Crippen molar-refractivity contribution in [3.8, 4) is 0 Å². The Morgan fingerprint density at radius 2 is 2.33 bits per heavy atom. The monoisotopic (exact) mass is 330 g/mol. The molecule has 0 aliphatic carbocycles. The lowest BCUT2D eigenvalue weighted by atomic mass is 10.2. The number of amides is 2. The van der Waals surface area contributed by atoms with Crippen LogP contribution in [-0.4, -0.2) is 39.1 Å². The summed E-state index contributed by atoms with van der Waals surface area (Å²) < 4.78 is 7.36. The minimum absolute atomic E-state index is 0.000689. The molecule has 3 rings (SSSR count). The molecular formula is C17H22N4O3. The van der Waals surface area contributed by atoms with Gasteiger partial charge in [0.1, 0.15) is 17.6 Å². The zero-order valence-electron chi connectivity index (χ0n) is 13.8. The number of hydrogen-bond donors (Lipinski definition) is 1. The molecular weight excluding hydrogens is 308 g/mol. The Hall–Kier alpha value is -2.57. The van der Waals surface area contributed by atoms with Gasteiger partial charge in [0.25, 0.3) is 0 Å². The summed E-state index contributed by atoms with van der Waals surface area (Å²) in [5, 5.41) is 7.05. The lowest BCUT2D eigenvalue weighted by Gasteiger charge is -2.23. The fourth-order valence-corrected chi connectivity index (χ4v) is 2.95. The fourth-order valence-electron chi connectivity index (χ4n) is 2.95. The Kier molecular flexibility index (Phi) is 4.98. The van der Waals surface area contributed by atoms with Gasteiger partial charge in [-0.15, -0.1) is 0 Å². The van der Waals surface area contributed by atoms with Crippen LogP contribution in [0.5, 0.6) is 0 Å². The number of likely N-dealkylation sites (tertiary alicyclic amines) is 1. The molecule has 7 nitrogen and oxygen atoms in total. The van der Waals surface area contributed by atoms with E-state index in [4.69, 9.17) is 4.42 Å². The highest BCUT2D eigenvalue weighted by atomic mass is 16.3. The van der Waals surface area contributed by atoms with E-state index in [-0.39, 0.29) is 11.8 Å². The second-order valence-corrected chi connectivity index (χ2v) is 6.00. The first-order chi connectivity index (χ1) is 11.6. The van der Waals surface area contributed by atoms with Crippen LogP contribution in [0.2, 0.25) is 0 Å². The van der Waals surface area contributed by atoms with Crippen molar-refractivity contribution >= 4 is 11.8 Å². The summed E-state index contributed by atoms with van der Waals surface area (Å²) in [4.78, 5) is 26.1. The lowest BCUT2D eigenvalue weighted by molar-refractivity contribution is -0.136. The van der Waals surface area contributed by atoms with Crippen LogP contribution < -0.4 is 5.32 Å². The van der Waals surface area contributed by atoms with Crippen LogP contribution >= 0.6 is 0 Å². The standard InChI is InChI=1S/C17H22N4O3/c1-13-4-5-14(24-13)12-21-15(6-7-16(21)22)17(23)18-8-2-10-20-11-3-9-19-20/h3-5,9,11,15H,2,6-8,10,12H2,1H3,(H,18,23)/t15-/m1/s1. The number of carbonyl (C=O) groups excluding carboxylic acids is 2. The predicted octanol–water partition coefficient (Wildman–Crippen LogP) is 1.48. The van der Waals surface area contributed by atoms with Gasteiger partial charge < -0.3 is 14.6 Å². The largest absolute Gasteiger partial charge is 0.464 e. The zero-order valence-corrected chi connectivity index (χ0v) is 13.8. The van der Waals surface area contributed by atoms with E-state index in [1.165, 1.54) is 0 Å². The number of hydrogen-bond acceptors (Lipinski definition) is 4. The molecule has 24 heavy (non-hydrogen) atoms. The summed E-state index contributed by atoms with van der Waals surface area (Å²) in [7, 11) is 0. The number of carbonyl (C=O) groups is 2. The second-order valence-electron chi connectivity index (χ2n) is 6.00. The van der Waals surface area contributed by atoms with Crippen LogP contribution in [0.1, 0.15) is 30.8 Å². The van der Waals surface area contributed by atoms with Gasteiger partial charge >= 0.3 is 0 Å². The quantitative estimate of drug-likeness (QED) is 0.780. The minimum atomic E-state index is -0.410. The van der Waals surface area contributed by atoms with Crippen molar-refractivity contribution < 1.29 is 14.0 Å². The van der Waals surface area contributed by atoms with E-state index in [2.05, 4.69) is 10.4 Å². The first kappa shape index (κ1) is 16.3. The van der Waals surface area contributed by atoms with Crippen molar-refractivity contribution in [3.05, 3.63) is 42.1 Å². The van der Waals surface area contributed by atoms with Gasteiger partial charge in [0.05, 0.1) is 6.54 Å². The van der Waals surface area contributed by atoms with Crippen molar-refractivity contribution in [2.75, 3.05) is 6.54 Å². The molecule has 0 saturated carbocycles. The SMILES string of the molecule is Cc1ccc(CN2C(=O)CC[C@@H]2C(=O)NCCCn2cccn2)o1. The van der Waals surface area contributed by atoms with Crippen LogP contribution in [0.25, 0.3) is 0 Å². The van der Waals surface area contributed by atoms with E-state index in [1.807, 2.05) is 36.0 Å². The van der Waals surface area contributed by atoms with Gasteiger partial charge in [-0.3, -0.25) is 14.3 Å². The van der Waals surface area contributed by atoms with Gasteiger partial charge in [0.15, 0.2) is 0 Å². The molecule has 1 atom stereocenters. The average molecular weight is 330 g/mol. The third-order valence-corrected chi connectivity index (χ3v) is 4.18. The molecule has 2 aromatic heterocycles. The van der Waals surface area contributed by atoms with Gasteiger partial charge in [-0.2, -0.15) is 5.10 Å². The Bertz CT molecular complexity index is 693. The van der Waals surface area contributed by atoms with Crippen molar-refractivity contribution in [2.24, 2.45) is 0 Å². The molecule has 0 spiro atoms. The van der Waals surface area contributed by atoms with Crippen LogP contribution in [0, 0.1) is 6.92 Å². The van der Waals surface area contributed by atoms with Gasteiger partial charge in [-0.05, 0) is 38.0 Å². The highest BCUT2D eigenvalue weighted by Crippen LogP contribution is 2.22. The topological polar surface area (TPSA) is 80.4 Å². The molecule has 128 valence electrons. The van der Waals surface area contributed by atoms with E-state index in [9.17, 15) is 9.59 Å². The van der Waals surface area contributed by atoms with Crippen LogP contribution in [0.4, 0.5) is 0 Å². The molecule has 7 heteroatoms. The third-order valence-electron chi connectivity index (χ3n) is 4.18. The summed E-state index contributed by atoms with van der Waals surface area (Å²) in [5.41, 5.74) is 0. The van der Waals surface area contributed by atoms with E-state index in [0.29, 0.717) is 31.7 Å². The first-order valence-electron chi connectivity index (χ1n) is 8.23. The van der Waals surface area contributed by atoms with Gasteiger partial charge in [0.2, 0.25) is 11.8 Å². The Balaban J connectivity index is 1.49. The smallest absolute Gasteiger partial charge is 0.242 e. The normalized spacial score (nSPS) is 17.5. The highest BCUT2D eigenvalue weighted by Gasteiger charge is 2.36. The molecule has 1 saturated heterocycles. The predicted molar refractivity (Wildman–Crippen MR) is 86.9 cm³/mol. The molecule has 2 aromatic rings. The molecule has 0 radical (unpaired) electrons. The van der Waals surface area contributed by atoms with Gasteiger partial charge in [0, 0.05) is 31.9 Å². The molecule has 0 unspecified atom stereocenters. The number of nitrogens with one attached hydrogen (secondary N) is 1. The Morgan fingerprint density at radius 3 is 3.04 bits per heavy atom. The first-order valence-corrected chi connectivity index (χ1v) is 8.23. The summed E-state index contributed by atoms with van der Waals surface area (Å²) in [6.07, 6.45) is 5.39. The van der Waals surface area contributed by atoms with Gasteiger partial charge in [-0.25, -0.2) is 0 Å². The molecule has 0 aromatic carbocycles. The minimum Gasteiger partial charge on any atom is -0.464 e. The lowest BCUT2D eigenvalue weighted by Crippen LogP contribution is -2.44. The van der Waals surface area contributed by atoms with Crippen molar-refractivity contribution in [1.82, 2.24) is 20.0 Å². The highest BCUT2D eigenvalue weighted by molar-refractivity contribution is 5.90. The summed E-state index contributed by atoms with van der Waals surface area (Å²) in [6.45, 7) is 3.53. The molecule has 1 aliphatic heterocycles. The van der Waals surface area contributed by atoms with Crippen molar-refractivity contribution in [3.63, 3.8) is 0 Å². The number of aromatic nitrogens is 2. The van der Waals surface area contributed by atoms with Crippen LogP contribution in [-0.2, 0) is 22.7 Å². The van der Waals surface area contributed by atoms with Crippen molar-refractivity contribution in [1.29, 1.82) is 0 Å². The summed E-state index contributed by atoms with van der Waals surface area (Å²) >= 11 is 0. The maximum absolute atomic E-state index is 12.4. The maximum atomic E-state index is 12.4. The maximum Gasteiger partial charge on any atom is 0.242 e. The summed E-state index contributed by atoms with van der Waals surface area (Å²) in [5.74, 6) is 1.42.